The lowest BCUT2D eigenvalue weighted by Gasteiger charge is -2.40. The number of pyridine rings is 2. The highest BCUT2D eigenvalue weighted by Gasteiger charge is 2.40. The number of aryl methyl sites for hydroxylation is 1. The molecule has 3 aromatic heterocycles. The summed E-state index contributed by atoms with van der Waals surface area (Å²) in [6.45, 7) is 3.82. The molecule has 0 radical (unpaired) electrons. The molecule has 0 saturated carbocycles. The van der Waals surface area contributed by atoms with Gasteiger partial charge in [-0.05, 0) is 43.7 Å². The Balaban J connectivity index is 1.53. The first kappa shape index (κ1) is 16.9. The van der Waals surface area contributed by atoms with Crippen molar-refractivity contribution < 1.29 is 5.11 Å². The van der Waals surface area contributed by atoms with E-state index in [0.29, 0.717) is 5.69 Å². The number of hydrogen-bond acceptors (Lipinski definition) is 8. The minimum Gasteiger partial charge on any atom is -0.366 e. The zero-order valence-electron chi connectivity index (χ0n) is 15.5. The van der Waals surface area contributed by atoms with Gasteiger partial charge in [0, 0.05) is 30.5 Å². The number of aliphatic hydroxyl groups excluding tert-OH is 1. The van der Waals surface area contributed by atoms with Gasteiger partial charge in [0.2, 0.25) is 6.35 Å². The SMILES string of the molecule is Cc1cc(-c2ccc3c(n2)N(C(O)Nc2ccnnc2)[C@H]2CCN3C2)ccn1. The van der Waals surface area contributed by atoms with E-state index >= 15 is 0 Å². The molecule has 0 aromatic carbocycles. The second kappa shape index (κ2) is 6.72. The Kier molecular flexibility index (Phi) is 4.05. The molecular weight excluding hydrogens is 354 g/mol. The van der Waals surface area contributed by atoms with Gasteiger partial charge in [0.1, 0.15) is 0 Å². The first-order chi connectivity index (χ1) is 13.7. The second-order valence-corrected chi connectivity index (χ2v) is 7.17. The van der Waals surface area contributed by atoms with Crippen molar-refractivity contribution in [1.82, 2.24) is 20.2 Å². The van der Waals surface area contributed by atoms with Gasteiger partial charge in [-0.15, -0.1) is 0 Å². The molecule has 1 fully saturated rings. The minimum atomic E-state index is -0.907. The van der Waals surface area contributed by atoms with E-state index in [2.05, 4.69) is 31.5 Å². The van der Waals surface area contributed by atoms with Gasteiger partial charge in [0.25, 0.3) is 0 Å². The fourth-order valence-electron chi connectivity index (χ4n) is 4.01. The van der Waals surface area contributed by atoms with Crippen molar-refractivity contribution in [3.63, 3.8) is 0 Å². The fourth-order valence-corrected chi connectivity index (χ4v) is 4.01. The van der Waals surface area contributed by atoms with Crippen molar-refractivity contribution in [2.75, 3.05) is 28.2 Å². The van der Waals surface area contributed by atoms with Gasteiger partial charge in [-0.3, -0.25) is 4.98 Å². The summed E-state index contributed by atoms with van der Waals surface area (Å²) in [6, 6.07) is 10.1. The molecule has 1 unspecified atom stereocenters. The fraction of sp³-hybridized carbons (Fsp3) is 0.300. The summed E-state index contributed by atoms with van der Waals surface area (Å²) in [5.74, 6) is 0.794. The number of nitrogens with one attached hydrogen (secondary N) is 1. The predicted molar refractivity (Wildman–Crippen MR) is 107 cm³/mol. The average Bonchev–Trinajstić information content (AvgIpc) is 3.13. The number of nitrogens with zero attached hydrogens (tertiary/aromatic N) is 6. The van der Waals surface area contributed by atoms with E-state index in [1.54, 1.807) is 24.7 Å². The molecule has 2 atom stereocenters. The Morgan fingerprint density at radius 2 is 2.11 bits per heavy atom. The number of hydrogen-bond donors (Lipinski definition) is 2. The molecule has 1 saturated heterocycles. The number of anilines is 3. The predicted octanol–water partition coefficient (Wildman–Crippen LogP) is 2.03. The van der Waals surface area contributed by atoms with E-state index in [-0.39, 0.29) is 6.04 Å². The molecule has 2 aliphatic heterocycles. The lowest BCUT2D eigenvalue weighted by atomic mass is 10.1. The van der Waals surface area contributed by atoms with Gasteiger partial charge in [0.05, 0.1) is 35.5 Å². The summed E-state index contributed by atoms with van der Waals surface area (Å²) in [5, 5.41) is 21.8. The summed E-state index contributed by atoms with van der Waals surface area (Å²) < 4.78 is 0. The van der Waals surface area contributed by atoms with Crippen LogP contribution in [0.3, 0.4) is 0 Å². The quantitative estimate of drug-likeness (QED) is 0.670. The van der Waals surface area contributed by atoms with Crippen molar-refractivity contribution in [3.8, 4) is 11.3 Å². The van der Waals surface area contributed by atoms with Gasteiger partial charge in [-0.25, -0.2) is 4.98 Å². The zero-order valence-corrected chi connectivity index (χ0v) is 15.5. The standard InChI is InChI=1S/C20H21N7O/c1-13-10-14(4-7-21-13)17-2-3-18-19(25-17)27(16-6-9-26(18)12-16)20(28)24-15-5-8-22-23-11-15/h2-5,7-8,10-11,16,20,28H,6,9,12H2,1H3,(H,22,24)/t16-,20?/m0/s1. The molecule has 2 bridgehead atoms. The van der Waals surface area contributed by atoms with E-state index in [0.717, 1.165) is 48.0 Å². The van der Waals surface area contributed by atoms with Crippen LogP contribution in [0.1, 0.15) is 12.1 Å². The number of aromatic nitrogens is 4. The Morgan fingerprint density at radius 1 is 1.18 bits per heavy atom. The molecule has 28 heavy (non-hydrogen) atoms. The van der Waals surface area contributed by atoms with Gasteiger partial charge >= 0.3 is 0 Å². The average molecular weight is 375 g/mol. The highest BCUT2D eigenvalue weighted by atomic mass is 16.3. The van der Waals surface area contributed by atoms with Crippen LogP contribution in [0, 0.1) is 6.92 Å². The monoisotopic (exact) mass is 375 g/mol. The van der Waals surface area contributed by atoms with Crippen molar-refractivity contribution in [2.24, 2.45) is 0 Å². The second-order valence-electron chi connectivity index (χ2n) is 7.17. The zero-order chi connectivity index (χ0) is 19.1. The topological polar surface area (TPSA) is 90.3 Å². The first-order valence-corrected chi connectivity index (χ1v) is 9.38. The first-order valence-electron chi connectivity index (χ1n) is 9.38. The maximum Gasteiger partial charge on any atom is 0.206 e. The molecular formula is C20H21N7O. The van der Waals surface area contributed by atoms with E-state index in [1.165, 1.54) is 0 Å². The van der Waals surface area contributed by atoms with E-state index in [9.17, 15) is 5.11 Å². The van der Waals surface area contributed by atoms with Gasteiger partial charge in [-0.1, -0.05) is 0 Å². The van der Waals surface area contributed by atoms with Gasteiger partial charge in [-0.2, -0.15) is 10.2 Å². The molecule has 142 valence electrons. The van der Waals surface area contributed by atoms with Crippen molar-refractivity contribution >= 4 is 17.2 Å². The third-order valence-electron chi connectivity index (χ3n) is 5.33. The molecule has 0 aliphatic carbocycles. The van der Waals surface area contributed by atoms with Crippen LogP contribution >= 0.6 is 0 Å². The van der Waals surface area contributed by atoms with Gasteiger partial charge in [0.15, 0.2) is 5.82 Å². The lowest BCUT2D eigenvalue weighted by Crippen LogP contribution is -2.51. The largest absolute Gasteiger partial charge is 0.366 e. The Labute approximate surface area is 162 Å². The van der Waals surface area contributed by atoms with E-state index in [1.807, 2.05) is 30.0 Å². The minimum absolute atomic E-state index is 0.201. The van der Waals surface area contributed by atoms with E-state index < -0.39 is 6.35 Å². The van der Waals surface area contributed by atoms with Crippen LogP contribution in [0.2, 0.25) is 0 Å². The van der Waals surface area contributed by atoms with Crippen LogP contribution in [0.25, 0.3) is 11.3 Å². The van der Waals surface area contributed by atoms with Crippen LogP contribution in [-0.2, 0) is 0 Å². The summed E-state index contributed by atoms with van der Waals surface area (Å²) in [6.07, 6.45) is 5.06. The van der Waals surface area contributed by atoms with Crippen molar-refractivity contribution in [1.29, 1.82) is 0 Å². The molecule has 0 amide bonds. The maximum atomic E-state index is 11.0. The van der Waals surface area contributed by atoms with Crippen molar-refractivity contribution in [2.45, 2.75) is 25.7 Å². The van der Waals surface area contributed by atoms with Crippen LogP contribution in [-0.4, -0.2) is 50.8 Å². The molecule has 0 spiro atoms. The molecule has 8 heteroatoms. The van der Waals surface area contributed by atoms with Crippen LogP contribution in [0.15, 0.2) is 48.9 Å². The number of fused-ring (bicyclic) bond motifs is 4. The molecule has 5 rings (SSSR count). The molecule has 2 N–H and O–H groups in total. The van der Waals surface area contributed by atoms with Crippen molar-refractivity contribution in [3.05, 3.63) is 54.6 Å². The molecule has 3 aromatic rings. The molecule has 8 nitrogen and oxygen atoms in total. The van der Waals surface area contributed by atoms with Crippen LogP contribution in [0.4, 0.5) is 17.2 Å². The summed E-state index contributed by atoms with van der Waals surface area (Å²) >= 11 is 0. The van der Waals surface area contributed by atoms with Gasteiger partial charge < -0.3 is 20.2 Å². The third-order valence-corrected chi connectivity index (χ3v) is 5.33. The summed E-state index contributed by atoms with van der Waals surface area (Å²) in [4.78, 5) is 13.5. The highest BCUT2D eigenvalue weighted by molar-refractivity contribution is 5.76. The highest BCUT2D eigenvalue weighted by Crippen LogP contribution is 2.40. The molecule has 2 aliphatic rings. The summed E-state index contributed by atoms with van der Waals surface area (Å²) in [7, 11) is 0. The van der Waals surface area contributed by atoms with Crippen LogP contribution in [0.5, 0.6) is 0 Å². The smallest absolute Gasteiger partial charge is 0.206 e. The Bertz CT molecular complexity index is 997. The Morgan fingerprint density at radius 3 is 2.93 bits per heavy atom. The lowest BCUT2D eigenvalue weighted by molar-refractivity contribution is 0.185. The molecule has 5 heterocycles. The third kappa shape index (κ3) is 2.91. The van der Waals surface area contributed by atoms with E-state index in [4.69, 9.17) is 4.98 Å². The maximum absolute atomic E-state index is 11.0. The normalized spacial score (nSPS) is 18.7. The summed E-state index contributed by atoms with van der Waals surface area (Å²) in [5.41, 5.74) is 4.60. The van der Waals surface area contributed by atoms with Crippen LogP contribution < -0.4 is 15.1 Å². The Hall–Kier alpha value is -3.26. The number of aliphatic hydroxyl groups is 1. The number of rotatable bonds is 4.